The lowest BCUT2D eigenvalue weighted by atomic mass is 10.0. The molecule has 63 heavy (non-hydrogen) atoms. The number of ether oxygens (including phenoxy) is 2. The maximum absolute atomic E-state index is 11.8. The molecule has 3 rings (SSSR count). The Hall–Kier alpha value is -4.44. The van der Waals surface area contributed by atoms with Crippen molar-refractivity contribution in [1.82, 2.24) is 41.8 Å². The number of hydrogen-bond donors (Lipinski definition) is 6. The number of amides is 4. The van der Waals surface area contributed by atoms with Crippen molar-refractivity contribution in [2.24, 2.45) is 0 Å². The summed E-state index contributed by atoms with van der Waals surface area (Å²) in [5.74, 6) is 0.885. The molecule has 4 amide bonds. The molecule has 2 aromatic heterocycles. The molecule has 0 saturated carbocycles. The molecule has 6 N–H and O–H groups in total. The second-order valence-corrected chi connectivity index (χ2v) is 16.1. The zero-order valence-electron chi connectivity index (χ0n) is 39.3. The van der Waals surface area contributed by atoms with Crippen molar-refractivity contribution in [1.29, 1.82) is 0 Å². The fraction of sp³-hybridized carbons (Fsp3) is 0.745. The average Bonchev–Trinajstić information content (AvgIpc) is 3.96. The van der Waals surface area contributed by atoms with Crippen LogP contribution in [-0.2, 0) is 9.47 Å². The molecule has 0 bridgehead atoms. The van der Waals surface area contributed by atoms with Gasteiger partial charge in [-0.15, -0.1) is 5.10 Å². The molecular formula is C47H84N10O6. The van der Waals surface area contributed by atoms with Crippen LogP contribution >= 0.6 is 0 Å². The van der Waals surface area contributed by atoms with Crippen molar-refractivity contribution in [2.45, 2.75) is 188 Å². The van der Waals surface area contributed by atoms with Gasteiger partial charge < -0.3 is 29.0 Å². The Balaban J connectivity index is 0.000000434. The minimum atomic E-state index is -0.362. The molecule has 0 spiro atoms. The highest BCUT2D eigenvalue weighted by molar-refractivity contribution is 5.75. The highest BCUT2D eigenvalue weighted by Gasteiger charge is 2.09. The number of urea groups is 2. The summed E-state index contributed by atoms with van der Waals surface area (Å²) in [6.45, 7) is 10.2. The summed E-state index contributed by atoms with van der Waals surface area (Å²) in [5, 5.41) is 16.9. The van der Waals surface area contributed by atoms with Crippen LogP contribution in [-0.4, -0.2) is 71.9 Å². The summed E-state index contributed by atoms with van der Waals surface area (Å²) in [4.78, 5) is 27.3. The molecule has 358 valence electrons. The van der Waals surface area contributed by atoms with Gasteiger partial charge in [-0.3, -0.25) is 0 Å². The van der Waals surface area contributed by atoms with Gasteiger partial charge in [-0.25, -0.2) is 31.3 Å². The second-order valence-electron chi connectivity index (χ2n) is 16.1. The van der Waals surface area contributed by atoms with E-state index in [1.807, 2.05) is 30.3 Å². The molecule has 0 fully saturated rings. The van der Waals surface area contributed by atoms with Crippen molar-refractivity contribution in [2.75, 3.05) is 50.4 Å². The van der Waals surface area contributed by atoms with Gasteiger partial charge in [0.2, 0.25) is 5.89 Å². The summed E-state index contributed by atoms with van der Waals surface area (Å²) in [7, 11) is 0. The van der Waals surface area contributed by atoms with E-state index in [1.165, 1.54) is 141 Å². The summed E-state index contributed by atoms with van der Waals surface area (Å²) < 4.78 is 21.6. The molecule has 0 aliphatic heterocycles. The van der Waals surface area contributed by atoms with Gasteiger partial charge in [0.1, 0.15) is 0 Å². The van der Waals surface area contributed by atoms with Crippen LogP contribution in [0.15, 0.2) is 39.3 Å². The third kappa shape index (κ3) is 32.8. The summed E-state index contributed by atoms with van der Waals surface area (Å²) in [6.07, 6.45) is 33.9. The SMILES string of the molecule is CCCCCCCCCCCCCCCCOCCCNC(=O)NNc1nc(C)no1.CCCCCCCCCCCCOCCCNC(=O)NNc1nnc(-c2ccccc2)o1. The van der Waals surface area contributed by atoms with Gasteiger partial charge in [0.05, 0.1) is 0 Å². The minimum Gasteiger partial charge on any atom is -0.402 e. The van der Waals surface area contributed by atoms with E-state index in [2.05, 4.69) is 66.5 Å². The van der Waals surface area contributed by atoms with Crippen molar-refractivity contribution < 1.29 is 28.0 Å². The van der Waals surface area contributed by atoms with E-state index in [1.54, 1.807) is 6.92 Å². The maximum Gasteiger partial charge on any atom is 0.340 e. The third-order valence-electron chi connectivity index (χ3n) is 10.3. The van der Waals surface area contributed by atoms with Gasteiger partial charge in [-0.2, -0.15) is 4.98 Å². The number of anilines is 2. The van der Waals surface area contributed by atoms with Gasteiger partial charge in [0.25, 0.3) is 0 Å². The normalized spacial score (nSPS) is 10.8. The van der Waals surface area contributed by atoms with Crippen LogP contribution in [0.4, 0.5) is 21.6 Å². The number of carbonyl (C=O) groups is 2. The van der Waals surface area contributed by atoms with Crippen LogP contribution in [0.25, 0.3) is 11.5 Å². The monoisotopic (exact) mass is 885 g/mol. The number of rotatable bonds is 39. The first kappa shape index (κ1) is 54.7. The lowest BCUT2D eigenvalue weighted by molar-refractivity contribution is 0.127. The predicted octanol–water partition coefficient (Wildman–Crippen LogP) is 11.6. The van der Waals surface area contributed by atoms with Crippen LogP contribution in [0.5, 0.6) is 0 Å². The number of carbonyl (C=O) groups excluding carboxylic acids is 2. The number of hydrogen-bond acceptors (Lipinski definition) is 12. The van der Waals surface area contributed by atoms with E-state index >= 15 is 0 Å². The smallest absolute Gasteiger partial charge is 0.340 e. The van der Waals surface area contributed by atoms with Crippen LogP contribution < -0.4 is 32.3 Å². The minimum absolute atomic E-state index is 0.124. The number of nitrogens with zero attached hydrogens (tertiary/aromatic N) is 4. The Morgan fingerprint density at radius 1 is 0.524 bits per heavy atom. The summed E-state index contributed by atoms with van der Waals surface area (Å²) in [6, 6.07) is 9.00. The van der Waals surface area contributed by atoms with E-state index in [9.17, 15) is 9.59 Å². The highest BCUT2D eigenvalue weighted by atomic mass is 16.5. The Bertz CT molecular complexity index is 1480. The molecule has 1 aromatic carbocycles. The van der Waals surface area contributed by atoms with E-state index in [4.69, 9.17) is 18.4 Å². The number of aryl methyl sites for hydroxylation is 1. The Kier molecular flexibility index (Phi) is 35.0. The molecule has 16 nitrogen and oxygen atoms in total. The first-order chi connectivity index (χ1) is 31.0. The third-order valence-corrected chi connectivity index (χ3v) is 10.3. The molecule has 16 heteroatoms. The quantitative estimate of drug-likeness (QED) is 0.0234. The van der Waals surface area contributed by atoms with Crippen LogP contribution in [0, 0.1) is 6.92 Å². The van der Waals surface area contributed by atoms with Gasteiger partial charge in [-0.05, 0) is 44.7 Å². The molecule has 3 aromatic rings. The van der Waals surface area contributed by atoms with Crippen LogP contribution in [0.3, 0.4) is 0 Å². The zero-order valence-corrected chi connectivity index (χ0v) is 39.3. The fourth-order valence-corrected chi connectivity index (χ4v) is 6.67. The fourth-order valence-electron chi connectivity index (χ4n) is 6.67. The summed E-state index contributed by atoms with van der Waals surface area (Å²) in [5.41, 5.74) is 10.9. The van der Waals surface area contributed by atoms with Crippen LogP contribution in [0.1, 0.15) is 187 Å². The average molecular weight is 885 g/mol. The molecule has 0 saturated heterocycles. The molecule has 0 aliphatic carbocycles. The topological polar surface area (TPSA) is 203 Å². The van der Waals surface area contributed by atoms with E-state index in [0.717, 1.165) is 44.5 Å². The first-order valence-electron chi connectivity index (χ1n) is 24.5. The van der Waals surface area contributed by atoms with Crippen molar-refractivity contribution in [3.05, 3.63) is 36.2 Å². The van der Waals surface area contributed by atoms with Crippen molar-refractivity contribution in [3.8, 4) is 11.5 Å². The lowest BCUT2D eigenvalue weighted by Gasteiger charge is -2.08. The number of hydrazine groups is 2. The van der Waals surface area contributed by atoms with Gasteiger partial charge in [-0.1, -0.05) is 184 Å². The first-order valence-corrected chi connectivity index (χ1v) is 24.5. The van der Waals surface area contributed by atoms with Gasteiger partial charge >= 0.3 is 24.1 Å². The van der Waals surface area contributed by atoms with Crippen molar-refractivity contribution >= 4 is 24.1 Å². The Labute approximate surface area is 378 Å². The number of unbranched alkanes of at least 4 members (excludes halogenated alkanes) is 22. The van der Waals surface area contributed by atoms with E-state index in [-0.39, 0.29) is 24.1 Å². The summed E-state index contributed by atoms with van der Waals surface area (Å²) >= 11 is 0. The number of nitrogens with one attached hydrogen (secondary N) is 6. The molecular weight excluding hydrogens is 801 g/mol. The van der Waals surface area contributed by atoms with E-state index < -0.39 is 0 Å². The largest absolute Gasteiger partial charge is 0.402 e. The van der Waals surface area contributed by atoms with Crippen molar-refractivity contribution in [3.63, 3.8) is 0 Å². The Morgan fingerprint density at radius 2 is 0.937 bits per heavy atom. The van der Waals surface area contributed by atoms with Crippen LogP contribution in [0.2, 0.25) is 0 Å². The maximum atomic E-state index is 11.8. The predicted molar refractivity (Wildman–Crippen MR) is 252 cm³/mol. The number of aromatic nitrogens is 4. The second kappa shape index (κ2) is 40.3. The number of benzene rings is 1. The van der Waals surface area contributed by atoms with Gasteiger partial charge in [0.15, 0.2) is 5.82 Å². The molecule has 0 radical (unpaired) electrons. The van der Waals surface area contributed by atoms with E-state index in [0.29, 0.717) is 38.0 Å². The molecule has 2 heterocycles. The Morgan fingerprint density at radius 3 is 1.37 bits per heavy atom. The molecule has 0 unspecified atom stereocenters. The molecule has 0 aliphatic rings. The zero-order chi connectivity index (χ0) is 45.1. The lowest BCUT2D eigenvalue weighted by Crippen LogP contribution is -2.39. The van der Waals surface area contributed by atoms with Gasteiger partial charge in [0, 0.05) is 45.1 Å². The molecule has 0 atom stereocenters. The standard InChI is InChI=1S/C24H39N5O3.C23H45N5O3/c1-2-3-4-5-6-7-8-9-10-14-19-31-20-15-18-25-23(30)27-29-24-28-26-22(32-24)21-16-12-11-13-17-21;1-3-4-5-6-7-8-9-10-11-12-13-14-15-16-19-30-20-17-18-24-22(29)26-27-23-25-21(2)28-31-23/h11-13,16-17H,2-10,14-15,18-20H2,1H3,(H,28,29)(H2,25,27,30);3-20H2,1-2H3,(H2,24,26,29)(H,25,27,28). The highest BCUT2D eigenvalue weighted by Crippen LogP contribution is 2.19.